The number of carboxylic acid groups (broad SMARTS) is 1. The fourth-order valence-corrected chi connectivity index (χ4v) is 2.73. The molecule has 0 fully saturated rings. The zero-order valence-electron chi connectivity index (χ0n) is 12.2. The van der Waals surface area contributed by atoms with Crippen LogP contribution in [0.5, 0.6) is 0 Å². The second-order valence-electron chi connectivity index (χ2n) is 5.37. The van der Waals surface area contributed by atoms with Crippen molar-refractivity contribution in [2.75, 3.05) is 6.54 Å². The molecule has 0 saturated carbocycles. The molecule has 0 saturated heterocycles. The molecular formula is C16H16ClFN2O3. The van der Waals surface area contributed by atoms with Gasteiger partial charge in [0, 0.05) is 37.3 Å². The minimum absolute atomic E-state index is 0. The predicted octanol–water partition coefficient (Wildman–Crippen LogP) is 2.19. The van der Waals surface area contributed by atoms with Crippen molar-refractivity contribution in [3.05, 3.63) is 68.9 Å². The normalized spacial score (nSPS) is 14.0. The molecule has 2 aromatic rings. The summed E-state index contributed by atoms with van der Waals surface area (Å²) in [4.78, 5) is 27.4. The van der Waals surface area contributed by atoms with E-state index < -0.39 is 11.5 Å². The van der Waals surface area contributed by atoms with Crippen LogP contribution in [0.1, 0.15) is 27.2 Å². The van der Waals surface area contributed by atoms with Crippen molar-refractivity contribution in [3.8, 4) is 0 Å². The molecule has 0 amide bonds. The largest absolute Gasteiger partial charge is 0.477 e. The smallest absolute Gasteiger partial charge is 0.341 e. The van der Waals surface area contributed by atoms with Gasteiger partial charge in [0.2, 0.25) is 0 Å². The van der Waals surface area contributed by atoms with Gasteiger partial charge in [0.1, 0.15) is 11.4 Å². The van der Waals surface area contributed by atoms with Crippen LogP contribution in [0, 0.1) is 5.82 Å². The Morgan fingerprint density at radius 3 is 2.78 bits per heavy atom. The van der Waals surface area contributed by atoms with Gasteiger partial charge >= 0.3 is 5.97 Å². The lowest BCUT2D eigenvalue weighted by molar-refractivity contribution is 0.0694. The highest BCUT2D eigenvalue weighted by molar-refractivity contribution is 5.87. The van der Waals surface area contributed by atoms with Crippen LogP contribution in [0.15, 0.2) is 35.1 Å². The standard InChI is InChI=1S/C16H15FN2O3.ClH/c17-13-4-2-1-3-10(13)8-19-6-5-14-11(9-19)7-12(16(21)22)15(20)18-14;/h1-4,7H,5-6,8-9H2,(H,18,20)(H,21,22);1H. The summed E-state index contributed by atoms with van der Waals surface area (Å²) in [6, 6.07) is 8.02. The lowest BCUT2D eigenvalue weighted by Crippen LogP contribution is -2.33. The minimum Gasteiger partial charge on any atom is -0.477 e. The van der Waals surface area contributed by atoms with Gasteiger partial charge < -0.3 is 10.1 Å². The van der Waals surface area contributed by atoms with Crippen molar-refractivity contribution in [2.45, 2.75) is 19.5 Å². The number of carbonyl (C=O) groups is 1. The Morgan fingerprint density at radius 2 is 2.09 bits per heavy atom. The summed E-state index contributed by atoms with van der Waals surface area (Å²) in [5.41, 5.74) is 1.31. The average Bonchev–Trinajstić information content (AvgIpc) is 2.49. The van der Waals surface area contributed by atoms with E-state index in [1.165, 1.54) is 12.1 Å². The van der Waals surface area contributed by atoms with Crippen LogP contribution in [-0.4, -0.2) is 27.5 Å². The van der Waals surface area contributed by atoms with E-state index in [2.05, 4.69) is 4.98 Å². The quantitative estimate of drug-likeness (QED) is 0.899. The fourth-order valence-electron chi connectivity index (χ4n) is 2.73. The first-order valence-electron chi connectivity index (χ1n) is 6.98. The van der Waals surface area contributed by atoms with E-state index in [0.29, 0.717) is 31.6 Å². The average molecular weight is 339 g/mol. The molecule has 1 aliphatic rings. The molecule has 0 unspecified atom stereocenters. The van der Waals surface area contributed by atoms with Crippen LogP contribution in [0.2, 0.25) is 0 Å². The van der Waals surface area contributed by atoms with E-state index in [1.807, 2.05) is 4.90 Å². The van der Waals surface area contributed by atoms with Crippen molar-refractivity contribution in [1.82, 2.24) is 9.88 Å². The molecule has 1 aromatic heterocycles. The number of hydrogen-bond donors (Lipinski definition) is 2. The Bertz CT molecular complexity index is 791. The fraction of sp³-hybridized carbons (Fsp3) is 0.250. The number of aromatic carboxylic acids is 1. The predicted molar refractivity (Wildman–Crippen MR) is 85.5 cm³/mol. The number of carboxylic acids is 1. The van der Waals surface area contributed by atoms with Crippen LogP contribution < -0.4 is 5.56 Å². The molecule has 0 radical (unpaired) electrons. The van der Waals surface area contributed by atoms with Crippen molar-refractivity contribution in [3.63, 3.8) is 0 Å². The molecule has 0 spiro atoms. The SMILES string of the molecule is Cl.O=C(O)c1cc2c([nH]c1=O)CCN(Cc1ccccc1F)C2. The number of nitrogens with one attached hydrogen (secondary N) is 1. The molecule has 1 aromatic carbocycles. The lowest BCUT2D eigenvalue weighted by Gasteiger charge is -2.28. The first kappa shape index (κ1) is 17.2. The second kappa shape index (κ2) is 6.93. The van der Waals surface area contributed by atoms with Crippen LogP contribution in [0.4, 0.5) is 4.39 Å². The maximum absolute atomic E-state index is 13.7. The second-order valence-corrected chi connectivity index (χ2v) is 5.37. The number of nitrogens with zero attached hydrogens (tertiary/aromatic N) is 1. The third kappa shape index (κ3) is 3.60. The van der Waals surface area contributed by atoms with Crippen LogP contribution in [0.3, 0.4) is 0 Å². The van der Waals surface area contributed by atoms with Gasteiger partial charge in [0.15, 0.2) is 0 Å². The van der Waals surface area contributed by atoms with Gasteiger partial charge in [-0.2, -0.15) is 0 Å². The Morgan fingerprint density at radius 1 is 1.35 bits per heavy atom. The molecule has 122 valence electrons. The first-order chi connectivity index (χ1) is 10.5. The van der Waals surface area contributed by atoms with Crippen molar-refractivity contribution in [1.29, 1.82) is 0 Å². The Labute approximate surface area is 138 Å². The minimum atomic E-state index is -1.24. The molecule has 5 nitrogen and oxygen atoms in total. The summed E-state index contributed by atoms with van der Waals surface area (Å²) in [5.74, 6) is -1.49. The number of halogens is 2. The maximum atomic E-state index is 13.7. The monoisotopic (exact) mass is 338 g/mol. The van der Waals surface area contributed by atoms with Gasteiger partial charge in [-0.05, 0) is 17.7 Å². The molecule has 23 heavy (non-hydrogen) atoms. The highest BCUT2D eigenvalue weighted by atomic mass is 35.5. The Kier molecular flexibility index (Phi) is 5.18. The van der Waals surface area contributed by atoms with Gasteiger partial charge in [0.05, 0.1) is 0 Å². The third-order valence-corrected chi connectivity index (χ3v) is 3.87. The van der Waals surface area contributed by atoms with E-state index in [4.69, 9.17) is 5.11 Å². The van der Waals surface area contributed by atoms with E-state index in [0.717, 1.165) is 11.3 Å². The topological polar surface area (TPSA) is 73.4 Å². The molecule has 0 atom stereocenters. The molecule has 0 aliphatic carbocycles. The number of rotatable bonds is 3. The molecule has 2 heterocycles. The Hall–Kier alpha value is -2.18. The number of fused-ring (bicyclic) bond motifs is 1. The van der Waals surface area contributed by atoms with Crippen LogP contribution >= 0.6 is 12.4 Å². The molecule has 7 heteroatoms. The summed E-state index contributed by atoms with van der Waals surface area (Å²) in [5, 5.41) is 9.02. The van der Waals surface area contributed by atoms with Gasteiger partial charge in [-0.25, -0.2) is 9.18 Å². The first-order valence-corrected chi connectivity index (χ1v) is 6.98. The van der Waals surface area contributed by atoms with Crippen LogP contribution in [-0.2, 0) is 19.5 Å². The summed E-state index contributed by atoms with van der Waals surface area (Å²) >= 11 is 0. The highest BCUT2D eigenvalue weighted by Crippen LogP contribution is 2.19. The number of pyridine rings is 1. The van der Waals surface area contributed by atoms with Crippen molar-refractivity contribution < 1.29 is 14.3 Å². The number of hydrogen-bond acceptors (Lipinski definition) is 3. The van der Waals surface area contributed by atoms with E-state index in [1.54, 1.807) is 18.2 Å². The summed E-state index contributed by atoms with van der Waals surface area (Å²) in [6.07, 6.45) is 0.610. The number of H-pyrrole nitrogens is 1. The molecule has 1 aliphatic heterocycles. The molecule has 2 N–H and O–H groups in total. The number of benzene rings is 1. The molecular weight excluding hydrogens is 323 g/mol. The van der Waals surface area contributed by atoms with Gasteiger partial charge in [-0.3, -0.25) is 9.69 Å². The van der Waals surface area contributed by atoms with E-state index in [9.17, 15) is 14.0 Å². The van der Waals surface area contributed by atoms with E-state index >= 15 is 0 Å². The molecule has 3 rings (SSSR count). The zero-order chi connectivity index (χ0) is 15.7. The number of aromatic amines is 1. The van der Waals surface area contributed by atoms with Crippen molar-refractivity contribution in [2.24, 2.45) is 0 Å². The third-order valence-electron chi connectivity index (χ3n) is 3.87. The maximum Gasteiger partial charge on any atom is 0.341 e. The summed E-state index contributed by atoms with van der Waals surface area (Å²) in [7, 11) is 0. The molecule has 0 bridgehead atoms. The zero-order valence-corrected chi connectivity index (χ0v) is 13.0. The van der Waals surface area contributed by atoms with Gasteiger partial charge in [0.25, 0.3) is 5.56 Å². The Balaban J connectivity index is 0.00000192. The van der Waals surface area contributed by atoms with Gasteiger partial charge in [-0.1, -0.05) is 18.2 Å². The van der Waals surface area contributed by atoms with Gasteiger partial charge in [-0.15, -0.1) is 12.4 Å². The lowest BCUT2D eigenvalue weighted by atomic mass is 10.0. The van der Waals surface area contributed by atoms with Crippen LogP contribution in [0.25, 0.3) is 0 Å². The van der Waals surface area contributed by atoms with Crippen molar-refractivity contribution >= 4 is 18.4 Å². The summed E-state index contributed by atoms with van der Waals surface area (Å²) in [6.45, 7) is 1.62. The highest BCUT2D eigenvalue weighted by Gasteiger charge is 2.21. The van der Waals surface area contributed by atoms with E-state index in [-0.39, 0.29) is 23.8 Å². The summed E-state index contributed by atoms with van der Waals surface area (Å²) < 4.78 is 13.7. The number of aromatic nitrogens is 1.